The molecule has 1 saturated heterocycles. The molecule has 0 spiro atoms. The van der Waals surface area contributed by atoms with Crippen LogP contribution in [0.15, 0.2) is 47.2 Å². The molecule has 0 radical (unpaired) electrons. The summed E-state index contributed by atoms with van der Waals surface area (Å²) in [5.41, 5.74) is 1.82. The number of methoxy groups -OCH3 is 1. The lowest BCUT2D eigenvalue weighted by Gasteiger charge is -2.36. The van der Waals surface area contributed by atoms with E-state index in [1.54, 1.807) is 13.2 Å². The fourth-order valence-corrected chi connectivity index (χ4v) is 4.61. The highest BCUT2D eigenvalue weighted by molar-refractivity contribution is 7.14. The van der Waals surface area contributed by atoms with Crippen molar-refractivity contribution in [1.29, 1.82) is 0 Å². The van der Waals surface area contributed by atoms with Gasteiger partial charge in [0, 0.05) is 37.2 Å². The summed E-state index contributed by atoms with van der Waals surface area (Å²) < 4.78 is 5.20. The van der Waals surface area contributed by atoms with Gasteiger partial charge in [-0.2, -0.15) is 0 Å². The molecule has 30 heavy (non-hydrogen) atoms. The first-order valence-electron chi connectivity index (χ1n) is 9.58. The summed E-state index contributed by atoms with van der Waals surface area (Å²) in [6.45, 7) is 2.93. The van der Waals surface area contributed by atoms with Crippen molar-refractivity contribution < 1.29 is 14.3 Å². The van der Waals surface area contributed by atoms with Crippen LogP contribution in [0.1, 0.15) is 15.4 Å². The number of thiophene rings is 1. The minimum Gasteiger partial charge on any atom is -0.497 e. The van der Waals surface area contributed by atoms with Gasteiger partial charge >= 0.3 is 0 Å². The first-order chi connectivity index (χ1) is 14.6. The van der Waals surface area contributed by atoms with Crippen LogP contribution in [0.5, 0.6) is 5.75 Å². The monoisotopic (exact) mass is 442 g/mol. The predicted octanol–water partition coefficient (Wildman–Crippen LogP) is 3.36. The van der Waals surface area contributed by atoms with Gasteiger partial charge in [-0.05, 0) is 35.7 Å². The molecule has 2 aromatic heterocycles. The van der Waals surface area contributed by atoms with Crippen LogP contribution in [0.3, 0.4) is 0 Å². The number of aromatic nitrogens is 1. The maximum atomic E-state index is 12.7. The van der Waals surface area contributed by atoms with Gasteiger partial charge in [0.15, 0.2) is 5.13 Å². The van der Waals surface area contributed by atoms with E-state index in [4.69, 9.17) is 4.74 Å². The topological polar surface area (TPSA) is 74.8 Å². The maximum absolute atomic E-state index is 12.7. The lowest BCUT2D eigenvalue weighted by molar-refractivity contribution is -0.130. The van der Waals surface area contributed by atoms with E-state index >= 15 is 0 Å². The summed E-state index contributed by atoms with van der Waals surface area (Å²) in [5.74, 6) is 0.722. The molecule has 2 amide bonds. The minimum absolute atomic E-state index is 0.0609. The Balaban J connectivity index is 1.27. The maximum Gasteiger partial charge on any atom is 0.267 e. The van der Waals surface area contributed by atoms with Crippen LogP contribution in [0.4, 0.5) is 10.8 Å². The number of carbonyl (C=O) groups excluding carboxylic acids is 2. The third-order valence-corrected chi connectivity index (χ3v) is 6.59. The van der Waals surface area contributed by atoms with Gasteiger partial charge in [0.25, 0.3) is 5.91 Å². The Labute approximate surface area is 182 Å². The Kier molecular flexibility index (Phi) is 6.29. The number of rotatable bonds is 6. The fraction of sp³-hybridized carbons (Fsp3) is 0.286. The van der Waals surface area contributed by atoms with Crippen molar-refractivity contribution >= 4 is 45.3 Å². The molecule has 9 heteroatoms. The molecule has 0 aliphatic carbocycles. The second-order valence-electron chi connectivity index (χ2n) is 6.82. The largest absolute Gasteiger partial charge is 0.497 e. The predicted molar refractivity (Wildman–Crippen MR) is 120 cm³/mol. The molecule has 0 bridgehead atoms. The summed E-state index contributed by atoms with van der Waals surface area (Å²) in [7, 11) is 1.66. The van der Waals surface area contributed by atoms with Gasteiger partial charge in [-0.3, -0.25) is 14.9 Å². The normalized spacial score (nSPS) is 13.9. The number of hydrogen-bond acceptors (Lipinski definition) is 7. The van der Waals surface area contributed by atoms with Crippen molar-refractivity contribution in [2.24, 2.45) is 0 Å². The van der Waals surface area contributed by atoms with Gasteiger partial charge in [0.05, 0.1) is 24.1 Å². The number of amides is 2. The SMILES string of the molecule is COc1ccc(N2CCN(C(=O)Cc3csc(NC(=O)c4cccs4)n3)CC2)cc1. The van der Waals surface area contributed by atoms with Crippen LogP contribution in [-0.4, -0.2) is 55.0 Å². The Bertz CT molecular complexity index is 994. The number of thiazole rings is 1. The number of nitrogens with one attached hydrogen (secondary N) is 1. The van der Waals surface area contributed by atoms with E-state index in [1.807, 2.05) is 46.0 Å². The zero-order valence-electron chi connectivity index (χ0n) is 16.5. The molecule has 1 fully saturated rings. The minimum atomic E-state index is -0.174. The lowest BCUT2D eigenvalue weighted by Crippen LogP contribution is -2.49. The van der Waals surface area contributed by atoms with Crippen molar-refractivity contribution in [1.82, 2.24) is 9.88 Å². The molecule has 1 aliphatic rings. The molecule has 0 unspecified atom stereocenters. The standard InChI is InChI=1S/C21H22N4O3S2/c1-28-17-6-4-16(5-7-17)24-8-10-25(11-9-24)19(26)13-15-14-30-21(22-15)23-20(27)18-3-2-12-29-18/h2-7,12,14H,8-11,13H2,1H3,(H,22,23,27). The van der Waals surface area contributed by atoms with E-state index in [-0.39, 0.29) is 18.2 Å². The highest BCUT2D eigenvalue weighted by atomic mass is 32.1. The second-order valence-corrected chi connectivity index (χ2v) is 8.62. The average molecular weight is 443 g/mol. The summed E-state index contributed by atoms with van der Waals surface area (Å²) >= 11 is 2.72. The number of nitrogens with zero attached hydrogens (tertiary/aromatic N) is 3. The van der Waals surface area contributed by atoms with Crippen molar-refractivity contribution in [3.8, 4) is 5.75 Å². The Hall–Kier alpha value is -2.91. The van der Waals surface area contributed by atoms with Crippen LogP contribution in [-0.2, 0) is 11.2 Å². The number of anilines is 2. The zero-order valence-corrected chi connectivity index (χ0v) is 18.2. The average Bonchev–Trinajstić information content (AvgIpc) is 3.46. The van der Waals surface area contributed by atoms with E-state index in [0.717, 1.165) is 24.5 Å². The molecule has 1 N–H and O–H groups in total. The number of hydrogen-bond donors (Lipinski definition) is 1. The molecule has 156 valence electrons. The van der Waals surface area contributed by atoms with Gasteiger partial charge in [0.2, 0.25) is 5.91 Å². The fourth-order valence-electron chi connectivity index (χ4n) is 3.29. The van der Waals surface area contributed by atoms with Gasteiger partial charge in [-0.25, -0.2) is 4.98 Å². The van der Waals surface area contributed by atoms with Crippen LogP contribution in [0, 0.1) is 0 Å². The second kappa shape index (κ2) is 9.27. The van der Waals surface area contributed by atoms with E-state index in [0.29, 0.717) is 28.8 Å². The molecule has 1 aromatic carbocycles. The number of carbonyl (C=O) groups is 2. The smallest absolute Gasteiger partial charge is 0.267 e. The summed E-state index contributed by atoms with van der Waals surface area (Å²) in [6.07, 6.45) is 0.244. The molecule has 0 saturated carbocycles. The highest BCUT2D eigenvalue weighted by Gasteiger charge is 2.22. The van der Waals surface area contributed by atoms with Crippen LogP contribution >= 0.6 is 22.7 Å². The molecule has 0 atom stereocenters. The first-order valence-corrected chi connectivity index (χ1v) is 11.3. The Morgan fingerprint density at radius 1 is 1.10 bits per heavy atom. The highest BCUT2D eigenvalue weighted by Crippen LogP contribution is 2.22. The molecule has 3 heterocycles. The summed E-state index contributed by atoms with van der Waals surface area (Å²) in [5, 5.41) is 6.99. The molecule has 7 nitrogen and oxygen atoms in total. The zero-order chi connectivity index (χ0) is 20.9. The molecule has 1 aliphatic heterocycles. The van der Waals surface area contributed by atoms with Gasteiger partial charge in [0.1, 0.15) is 5.75 Å². The quantitative estimate of drug-likeness (QED) is 0.634. The number of ether oxygens (including phenoxy) is 1. The molecular formula is C21H22N4O3S2. The third-order valence-electron chi connectivity index (χ3n) is 4.92. The first kappa shape index (κ1) is 20.4. The summed E-state index contributed by atoms with van der Waals surface area (Å²) in [6, 6.07) is 11.6. The van der Waals surface area contributed by atoms with Crippen molar-refractivity contribution in [2.45, 2.75) is 6.42 Å². The van der Waals surface area contributed by atoms with Crippen molar-refractivity contribution in [3.05, 3.63) is 57.7 Å². The van der Waals surface area contributed by atoms with Gasteiger partial charge in [-0.15, -0.1) is 22.7 Å². The molecule has 4 rings (SSSR count). The summed E-state index contributed by atoms with van der Waals surface area (Å²) in [4.78, 5) is 34.0. The lowest BCUT2D eigenvalue weighted by atomic mass is 10.2. The van der Waals surface area contributed by atoms with Crippen molar-refractivity contribution in [2.75, 3.05) is 43.5 Å². The van der Waals surface area contributed by atoms with E-state index in [2.05, 4.69) is 15.2 Å². The van der Waals surface area contributed by atoms with Gasteiger partial charge < -0.3 is 14.5 Å². The Morgan fingerprint density at radius 3 is 2.53 bits per heavy atom. The molecule has 3 aromatic rings. The van der Waals surface area contributed by atoms with E-state index in [1.165, 1.54) is 22.7 Å². The van der Waals surface area contributed by atoms with Gasteiger partial charge in [-0.1, -0.05) is 6.07 Å². The van der Waals surface area contributed by atoms with Crippen LogP contribution < -0.4 is 15.0 Å². The number of benzene rings is 1. The van der Waals surface area contributed by atoms with Crippen LogP contribution in [0.2, 0.25) is 0 Å². The van der Waals surface area contributed by atoms with Crippen molar-refractivity contribution in [3.63, 3.8) is 0 Å². The van der Waals surface area contributed by atoms with Crippen LogP contribution in [0.25, 0.3) is 0 Å². The number of piperazine rings is 1. The third kappa shape index (κ3) is 4.80. The Morgan fingerprint density at radius 2 is 1.87 bits per heavy atom. The van der Waals surface area contributed by atoms with E-state index in [9.17, 15) is 9.59 Å². The van der Waals surface area contributed by atoms with E-state index < -0.39 is 0 Å². The molecular weight excluding hydrogens is 420 g/mol.